The summed E-state index contributed by atoms with van der Waals surface area (Å²) in [6.45, 7) is 5.70. The number of halogens is 1. The first-order valence-electron chi connectivity index (χ1n) is 10.2. The van der Waals surface area contributed by atoms with Crippen LogP contribution in [-0.4, -0.2) is 36.9 Å². The molecule has 0 saturated carbocycles. The molecule has 2 amide bonds. The lowest BCUT2D eigenvalue weighted by Gasteiger charge is -2.37. The molecule has 0 N–H and O–H groups in total. The van der Waals surface area contributed by atoms with Crippen molar-refractivity contribution in [3.05, 3.63) is 65.6 Å². The number of ether oxygens (including phenoxy) is 1. The van der Waals surface area contributed by atoms with Gasteiger partial charge < -0.3 is 9.64 Å². The lowest BCUT2D eigenvalue weighted by molar-refractivity contribution is -0.120. The van der Waals surface area contributed by atoms with Gasteiger partial charge in [-0.1, -0.05) is 38.1 Å². The quantitative estimate of drug-likeness (QED) is 0.715. The van der Waals surface area contributed by atoms with E-state index in [0.29, 0.717) is 53.2 Å². The number of imide groups is 1. The van der Waals surface area contributed by atoms with Gasteiger partial charge in [0.15, 0.2) is 0 Å². The van der Waals surface area contributed by atoms with Crippen LogP contribution < -0.4 is 9.64 Å². The molecule has 30 heavy (non-hydrogen) atoms. The molecule has 2 aliphatic rings. The van der Waals surface area contributed by atoms with Crippen molar-refractivity contribution >= 4 is 23.1 Å². The van der Waals surface area contributed by atoms with E-state index in [1.165, 1.54) is 24.1 Å². The highest BCUT2D eigenvalue weighted by molar-refractivity contribution is 6.45. The lowest BCUT2D eigenvalue weighted by Crippen LogP contribution is -2.42. The summed E-state index contributed by atoms with van der Waals surface area (Å²) in [5.74, 6) is 0.0683. The van der Waals surface area contributed by atoms with Gasteiger partial charge in [-0.3, -0.25) is 9.59 Å². The number of hydrogen-bond donors (Lipinski definition) is 0. The number of likely N-dealkylation sites (tertiary alicyclic amines) is 1. The third kappa shape index (κ3) is 3.47. The molecule has 156 valence electrons. The molecular weight excluding hydrogens is 383 g/mol. The average molecular weight is 408 g/mol. The van der Waals surface area contributed by atoms with Crippen molar-refractivity contribution in [1.29, 1.82) is 0 Å². The third-order valence-corrected chi connectivity index (χ3v) is 5.70. The molecule has 2 aromatic rings. The van der Waals surface area contributed by atoms with Gasteiger partial charge in [-0.25, -0.2) is 9.29 Å². The van der Waals surface area contributed by atoms with E-state index < -0.39 is 5.91 Å². The molecular formula is C24H25FN2O3. The molecule has 6 heteroatoms. The Morgan fingerprint density at radius 1 is 0.933 bits per heavy atom. The van der Waals surface area contributed by atoms with Crippen LogP contribution in [0.2, 0.25) is 0 Å². The fourth-order valence-corrected chi connectivity index (χ4v) is 4.57. The molecule has 2 aliphatic heterocycles. The van der Waals surface area contributed by atoms with E-state index in [0.717, 1.165) is 6.42 Å². The summed E-state index contributed by atoms with van der Waals surface area (Å²) in [6.07, 6.45) is 1.08. The number of amides is 2. The van der Waals surface area contributed by atoms with Crippen LogP contribution in [0, 0.1) is 17.7 Å². The van der Waals surface area contributed by atoms with Gasteiger partial charge in [-0.05, 0) is 48.1 Å². The standard InChI is InChI=1S/C24H25FN2O3/c1-15-12-16(2)14-26(13-15)22-21(17-8-10-18(25)11-9-17)23(28)27(24(22)29)19-6-4-5-7-20(19)30-3/h4-11,15-16H,12-14H2,1-3H3. The average Bonchev–Trinajstić information content (AvgIpc) is 2.98. The third-order valence-electron chi connectivity index (χ3n) is 5.70. The van der Waals surface area contributed by atoms with Crippen LogP contribution in [0.4, 0.5) is 10.1 Å². The van der Waals surface area contributed by atoms with Crippen LogP contribution in [0.1, 0.15) is 25.8 Å². The first-order valence-corrected chi connectivity index (χ1v) is 10.2. The number of methoxy groups -OCH3 is 1. The monoisotopic (exact) mass is 408 g/mol. The summed E-state index contributed by atoms with van der Waals surface area (Å²) in [5, 5.41) is 0. The second-order valence-electron chi connectivity index (χ2n) is 8.20. The van der Waals surface area contributed by atoms with Crippen LogP contribution in [0.15, 0.2) is 54.2 Å². The maximum atomic E-state index is 13.6. The normalized spacial score (nSPS) is 22.1. The maximum Gasteiger partial charge on any atom is 0.282 e. The minimum absolute atomic E-state index is 0.312. The summed E-state index contributed by atoms with van der Waals surface area (Å²) in [7, 11) is 1.51. The van der Waals surface area contributed by atoms with E-state index in [1.807, 2.05) is 4.90 Å². The summed E-state index contributed by atoms with van der Waals surface area (Å²) in [4.78, 5) is 30.4. The lowest BCUT2D eigenvalue weighted by atomic mass is 9.91. The number of carbonyl (C=O) groups is 2. The first-order chi connectivity index (χ1) is 14.4. The fourth-order valence-electron chi connectivity index (χ4n) is 4.57. The Bertz CT molecular complexity index is 1010. The number of para-hydroxylation sites is 2. The first kappa shape index (κ1) is 20.1. The molecule has 2 atom stereocenters. The van der Waals surface area contributed by atoms with Gasteiger partial charge in [0, 0.05) is 13.1 Å². The molecule has 0 aliphatic carbocycles. The van der Waals surface area contributed by atoms with E-state index in [2.05, 4.69) is 13.8 Å². The van der Waals surface area contributed by atoms with Gasteiger partial charge in [0.1, 0.15) is 17.3 Å². The Morgan fingerprint density at radius 2 is 1.57 bits per heavy atom. The summed E-state index contributed by atoms with van der Waals surface area (Å²) >= 11 is 0. The maximum absolute atomic E-state index is 13.6. The van der Waals surface area contributed by atoms with E-state index in [-0.39, 0.29) is 11.7 Å². The van der Waals surface area contributed by atoms with E-state index in [4.69, 9.17) is 4.74 Å². The topological polar surface area (TPSA) is 49.9 Å². The van der Waals surface area contributed by atoms with Gasteiger partial charge in [-0.15, -0.1) is 0 Å². The van der Waals surface area contributed by atoms with Crippen molar-refractivity contribution in [3.8, 4) is 5.75 Å². The Hall–Kier alpha value is -3.15. The molecule has 2 aromatic carbocycles. The predicted molar refractivity (Wildman–Crippen MR) is 113 cm³/mol. The van der Waals surface area contributed by atoms with Crippen LogP contribution >= 0.6 is 0 Å². The summed E-state index contributed by atoms with van der Waals surface area (Å²) < 4.78 is 18.9. The second kappa shape index (κ2) is 7.94. The highest BCUT2D eigenvalue weighted by atomic mass is 19.1. The smallest absolute Gasteiger partial charge is 0.282 e. The predicted octanol–water partition coefficient (Wildman–Crippen LogP) is 4.10. The number of benzene rings is 2. The highest BCUT2D eigenvalue weighted by Crippen LogP contribution is 2.40. The Morgan fingerprint density at radius 3 is 2.20 bits per heavy atom. The molecule has 0 spiro atoms. The number of carbonyl (C=O) groups excluding carboxylic acids is 2. The Kier molecular flexibility index (Phi) is 5.33. The van der Waals surface area contributed by atoms with Crippen LogP contribution in [-0.2, 0) is 9.59 Å². The van der Waals surface area contributed by atoms with Crippen molar-refractivity contribution in [1.82, 2.24) is 4.90 Å². The molecule has 0 aromatic heterocycles. The number of nitrogens with zero attached hydrogens (tertiary/aromatic N) is 2. The number of anilines is 1. The molecule has 0 bridgehead atoms. The van der Waals surface area contributed by atoms with Crippen LogP contribution in [0.5, 0.6) is 5.75 Å². The Labute approximate surface area is 175 Å². The summed E-state index contributed by atoms with van der Waals surface area (Å²) in [5.41, 5.74) is 1.64. The number of piperidine rings is 1. The SMILES string of the molecule is COc1ccccc1N1C(=O)C(c2ccc(F)cc2)=C(N2CC(C)CC(C)C2)C1=O. The van der Waals surface area contributed by atoms with Crippen molar-refractivity contribution in [2.45, 2.75) is 20.3 Å². The second-order valence-corrected chi connectivity index (χ2v) is 8.20. The van der Waals surface area contributed by atoms with E-state index in [1.54, 1.807) is 36.4 Å². The highest BCUT2D eigenvalue weighted by Gasteiger charge is 2.44. The van der Waals surface area contributed by atoms with Gasteiger partial charge in [0.2, 0.25) is 0 Å². The fraction of sp³-hybridized carbons (Fsp3) is 0.333. The van der Waals surface area contributed by atoms with Gasteiger partial charge in [0.05, 0.1) is 18.4 Å². The van der Waals surface area contributed by atoms with E-state index >= 15 is 0 Å². The Balaban J connectivity index is 1.85. The zero-order chi connectivity index (χ0) is 21.4. The van der Waals surface area contributed by atoms with Crippen molar-refractivity contribution in [2.75, 3.05) is 25.1 Å². The van der Waals surface area contributed by atoms with Crippen LogP contribution in [0.3, 0.4) is 0 Å². The van der Waals surface area contributed by atoms with Gasteiger partial charge >= 0.3 is 0 Å². The zero-order valence-corrected chi connectivity index (χ0v) is 17.4. The molecule has 2 unspecified atom stereocenters. The largest absolute Gasteiger partial charge is 0.495 e. The molecule has 1 fully saturated rings. The van der Waals surface area contributed by atoms with Crippen molar-refractivity contribution in [3.63, 3.8) is 0 Å². The molecule has 2 heterocycles. The van der Waals surface area contributed by atoms with Crippen molar-refractivity contribution < 1.29 is 18.7 Å². The molecule has 4 rings (SSSR count). The molecule has 1 saturated heterocycles. The summed E-state index contributed by atoms with van der Waals surface area (Å²) in [6, 6.07) is 12.7. The van der Waals surface area contributed by atoms with Gasteiger partial charge in [0.25, 0.3) is 11.8 Å². The molecule has 0 radical (unpaired) electrons. The zero-order valence-electron chi connectivity index (χ0n) is 17.4. The number of hydrogen-bond acceptors (Lipinski definition) is 4. The van der Waals surface area contributed by atoms with Gasteiger partial charge in [-0.2, -0.15) is 0 Å². The minimum atomic E-state index is -0.419. The van der Waals surface area contributed by atoms with Crippen LogP contribution in [0.25, 0.3) is 5.57 Å². The molecule has 5 nitrogen and oxygen atoms in total. The van der Waals surface area contributed by atoms with Crippen molar-refractivity contribution in [2.24, 2.45) is 11.8 Å². The minimum Gasteiger partial charge on any atom is -0.495 e. The number of rotatable bonds is 4. The van der Waals surface area contributed by atoms with E-state index in [9.17, 15) is 14.0 Å².